The van der Waals surface area contributed by atoms with Gasteiger partial charge in [-0.2, -0.15) is 5.01 Å². The van der Waals surface area contributed by atoms with Gasteiger partial charge in [-0.1, -0.05) is 17.7 Å². The Kier molecular flexibility index (Phi) is 4.75. The van der Waals surface area contributed by atoms with Crippen LogP contribution in [-0.2, 0) is 0 Å². The van der Waals surface area contributed by atoms with Crippen molar-refractivity contribution >= 4 is 5.70 Å². The minimum absolute atomic E-state index is 0.173. The molecule has 3 heterocycles. The second-order valence-corrected chi connectivity index (χ2v) is 9.14. The SMILES string of the molecule is COc1ccc(C2=C[C@H]3c4cc(C)ccc4OC4(CC[NH+](C(C)C)CC4)N3N2)cc1. The van der Waals surface area contributed by atoms with E-state index in [1.807, 2.05) is 12.1 Å². The van der Waals surface area contributed by atoms with Crippen LogP contribution < -0.4 is 19.8 Å². The van der Waals surface area contributed by atoms with Gasteiger partial charge >= 0.3 is 0 Å². The Hall–Kier alpha value is -2.50. The van der Waals surface area contributed by atoms with E-state index in [9.17, 15) is 0 Å². The van der Waals surface area contributed by atoms with Gasteiger partial charge in [-0.05, 0) is 62.7 Å². The Bertz CT molecular complexity index is 959. The molecule has 0 radical (unpaired) electrons. The summed E-state index contributed by atoms with van der Waals surface area (Å²) in [6, 6.07) is 15.7. The summed E-state index contributed by atoms with van der Waals surface area (Å²) in [4.78, 5) is 1.66. The standard InChI is InChI=1S/C25H31N3O2/c1-17(2)27-13-11-25(12-14-27)28-23(21-15-18(3)5-10-24(21)30-25)16-22(26-28)19-6-8-20(29-4)9-7-19/h5-10,15-17,23,26H,11-14H2,1-4H3/p+1/t23-/m0/s1. The van der Waals surface area contributed by atoms with Crippen molar-refractivity contribution in [2.24, 2.45) is 0 Å². The Labute approximate surface area is 179 Å². The smallest absolute Gasteiger partial charge is 0.191 e. The third-order valence-corrected chi connectivity index (χ3v) is 6.96. The van der Waals surface area contributed by atoms with Gasteiger partial charge in [-0.3, -0.25) is 0 Å². The van der Waals surface area contributed by atoms with Crippen LogP contribution in [0.3, 0.4) is 0 Å². The van der Waals surface area contributed by atoms with Gasteiger partial charge in [0.1, 0.15) is 11.5 Å². The van der Waals surface area contributed by atoms with E-state index >= 15 is 0 Å². The number of quaternary nitrogens is 1. The molecule has 2 aromatic carbocycles. The fourth-order valence-corrected chi connectivity index (χ4v) is 5.11. The van der Waals surface area contributed by atoms with Crippen LogP contribution in [0.1, 0.15) is 49.4 Å². The average molecular weight is 407 g/mol. The third-order valence-electron chi connectivity index (χ3n) is 6.96. The van der Waals surface area contributed by atoms with Crippen molar-refractivity contribution < 1.29 is 14.4 Å². The number of fused-ring (bicyclic) bond motifs is 4. The number of hydrazine groups is 1. The predicted octanol–water partition coefficient (Wildman–Crippen LogP) is 3.08. The molecule has 5 rings (SSSR count). The van der Waals surface area contributed by atoms with Crippen LogP contribution >= 0.6 is 0 Å². The summed E-state index contributed by atoms with van der Waals surface area (Å²) in [5, 5.41) is 2.38. The van der Waals surface area contributed by atoms with Gasteiger partial charge in [0.05, 0.1) is 50.8 Å². The number of methoxy groups -OCH3 is 1. The lowest BCUT2D eigenvalue weighted by Crippen LogP contribution is -3.16. The van der Waals surface area contributed by atoms with E-state index < -0.39 is 0 Å². The molecule has 1 atom stereocenters. The summed E-state index contributed by atoms with van der Waals surface area (Å²) < 4.78 is 12.1. The average Bonchev–Trinajstić information content (AvgIpc) is 3.22. The summed E-state index contributed by atoms with van der Waals surface area (Å²) >= 11 is 0. The van der Waals surface area contributed by atoms with Crippen LogP contribution in [0.5, 0.6) is 11.5 Å². The highest BCUT2D eigenvalue weighted by Gasteiger charge is 2.52. The van der Waals surface area contributed by atoms with Crippen LogP contribution in [0.2, 0.25) is 0 Å². The van der Waals surface area contributed by atoms with E-state index in [4.69, 9.17) is 9.47 Å². The monoisotopic (exact) mass is 406 g/mol. The summed E-state index contributed by atoms with van der Waals surface area (Å²) in [6.07, 6.45) is 4.38. The molecule has 5 nitrogen and oxygen atoms in total. The summed E-state index contributed by atoms with van der Waals surface area (Å²) in [5.41, 5.74) is 8.23. The van der Waals surface area contributed by atoms with Crippen LogP contribution in [0.15, 0.2) is 48.5 Å². The van der Waals surface area contributed by atoms with E-state index in [-0.39, 0.29) is 11.8 Å². The summed E-state index contributed by atoms with van der Waals surface area (Å²) in [6.45, 7) is 9.03. The number of benzene rings is 2. The van der Waals surface area contributed by atoms with E-state index in [0.29, 0.717) is 6.04 Å². The third kappa shape index (κ3) is 3.17. The maximum absolute atomic E-state index is 6.77. The zero-order valence-electron chi connectivity index (χ0n) is 18.4. The molecule has 0 amide bonds. The maximum atomic E-state index is 6.77. The number of likely N-dealkylation sites (tertiary alicyclic amines) is 1. The lowest BCUT2D eigenvalue weighted by molar-refractivity contribution is -0.929. The van der Waals surface area contributed by atoms with Crippen molar-refractivity contribution in [3.05, 3.63) is 65.2 Å². The summed E-state index contributed by atoms with van der Waals surface area (Å²) in [7, 11) is 1.70. The number of hydrogen-bond donors (Lipinski definition) is 2. The zero-order valence-corrected chi connectivity index (χ0v) is 18.4. The number of nitrogens with one attached hydrogen (secondary N) is 2. The minimum Gasteiger partial charge on any atom is -0.497 e. The minimum atomic E-state index is -0.309. The lowest BCUT2D eigenvalue weighted by Gasteiger charge is -2.51. The highest BCUT2D eigenvalue weighted by Crippen LogP contribution is 2.48. The topological polar surface area (TPSA) is 38.2 Å². The lowest BCUT2D eigenvalue weighted by atomic mass is 9.91. The number of hydrogen-bond acceptors (Lipinski definition) is 4. The van der Waals surface area contributed by atoms with Gasteiger partial charge in [-0.25, -0.2) is 0 Å². The molecule has 0 bridgehead atoms. The van der Waals surface area contributed by atoms with Crippen LogP contribution in [0.25, 0.3) is 5.70 Å². The quantitative estimate of drug-likeness (QED) is 0.822. The molecular weight excluding hydrogens is 374 g/mol. The van der Waals surface area contributed by atoms with E-state index in [1.165, 1.54) is 16.7 Å². The first-order valence-corrected chi connectivity index (χ1v) is 11.1. The second-order valence-electron chi connectivity index (χ2n) is 9.14. The Morgan fingerprint density at radius 3 is 2.53 bits per heavy atom. The van der Waals surface area contributed by atoms with Crippen molar-refractivity contribution in [1.29, 1.82) is 0 Å². The molecule has 0 aliphatic carbocycles. The van der Waals surface area contributed by atoms with Gasteiger partial charge in [-0.15, -0.1) is 0 Å². The maximum Gasteiger partial charge on any atom is 0.191 e. The van der Waals surface area contributed by atoms with E-state index in [0.717, 1.165) is 43.1 Å². The fourth-order valence-electron chi connectivity index (χ4n) is 5.11. The highest BCUT2D eigenvalue weighted by atomic mass is 16.5. The van der Waals surface area contributed by atoms with Crippen molar-refractivity contribution in [2.45, 2.75) is 51.4 Å². The van der Waals surface area contributed by atoms with Gasteiger partial charge < -0.3 is 19.8 Å². The van der Waals surface area contributed by atoms with Crippen molar-refractivity contribution in [2.75, 3.05) is 20.2 Å². The second kappa shape index (κ2) is 7.33. The van der Waals surface area contributed by atoms with Crippen molar-refractivity contribution in [3.63, 3.8) is 0 Å². The van der Waals surface area contributed by atoms with Crippen molar-refractivity contribution in [1.82, 2.24) is 10.4 Å². The first-order chi connectivity index (χ1) is 14.5. The fraction of sp³-hybridized carbons (Fsp3) is 0.440. The molecule has 1 saturated heterocycles. The largest absolute Gasteiger partial charge is 0.497 e. The normalized spacial score (nSPS) is 27.8. The van der Waals surface area contributed by atoms with Gasteiger partial charge in [0.25, 0.3) is 0 Å². The van der Waals surface area contributed by atoms with Gasteiger partial charge in [0, 0.05) is 5.56 Å². The molecule has 1 spiro atoms. The van der Waals surface area contributed by atoms with Gasteiger partial charge in [0.2, 0.25) is 0 Å². The Morgan fingerprint density at radius 1 is 1.13 bits per heavy atom. The molecular formula is C25H32N3O2+. The van der Waals surface area contributed by atoms with Crippen LogP contribution in [0.4, 0.5) is 0 Å². The van der Waals surface area contributed by atoms with Crippen LogP contribution in [0, 0.1) is 6.92 Å². The number of nitrogens with zero attached hydrogens (tertiary/aromatic N) is 1. The molecule has 3 aliphatic rings. The summed E-state index contributed by atoms with van der Waals surface area (Å²) in [5.74, 6) is 1.91. The molecule has 2 N–H and O–H groups in total. The molecule has 0 unspecified atom stereocenters. The predicted molar refractivity (Wildman–Crippen MR) is 118 cm³/mol. The Morgan fingerprint density at radius 2 is 1.87 bits per heavy atom. The molecule has 0 aromatic heterocycles. The molecule has 0 saturated carbocycles. The number of ether oxygens (including phenoxy) is 2. The Balaban J connectivity index is 1.51. The first kappa shape index (κ1) is 19.5. The number of aryl methyl sites for hydroxylation is 1. The zero-order chi connectivity index (χ0) is 20.9. The van der Waals surface area contributed by atoms with E-state index in [2.05, 4.69) is 67.6 Å². The van der Waals surface area contributed by atoms with E-state index in [1.54, 1.807) is 12.0 Å². The van der Waals surface area contributed by atoms with Gasteiger partial charge in [0.15, 0.2) is 5.72 Å². The number of rotatable bonds is 3. The number of piperidine rings is 1. The van der Waals surface area contributed by atoms with Crippen LogP contribution in [-0.4, -0.2) is 37.0 Å². The molecule has 3 aliphatic heterocycles. The molecule has 30 heavy (non-hydrogen) atoms. The molecule has 5 heteroatoms. The molecule has 1 fully saturated rings. The first-order valence-electron chi connectivity index (χ1n) is 11.1. The molecule has 158 valence electrons. The molecule has 2 aromatic rings. The highest BCUT2D eigenvalue weighted by molar-refractivity contribution is 5.68. The van der Waals surface area contributed by atoms with Crippen molar-refractivity contribution in [3.8, 4) is 11.5 Å².